The lowest BCUT2D eigenvalue weighted by Crippen LogP contribution is -2.27. The Kier molecular flexibility index (Phi) is 3.49. The molecular formula is C14H21NO. The van der Waals surface area contributed by atoms with Crippen molar-refractivity contribution in [2.24, 2.45) is 0 Å². The highest BCUT2D eigenvalue weighted by atomic mass is 16.3. The topological polar surface area (TPSA) is 32.3 Å². The van der Waals surface area contributed by atoms with Crippen molar-refractivity contribution in [3.05, 3.63) is 29.8 Å². The highest BCUT2D eigenvalue weighted by molar-refractivity contribution is 5.46. The summed E-state index contributed by atoms with van der Waals surface area (Å²) in [6.07, 6.45) is 2.96. The molecule has 2 N–H and O–H groups in total. The molecule has 0 bridgehead atoms. The molecule has 0 aromatic heterocycles. The number of benzene rings is 1. The smallest absolute Gasteiger partial charge is 0.0741 e. The van der Waals surface area contributed by atoms with Crippen molar-refractivity contribution >= 4 is 5.69 Å². The third-order valence-electron chi connectivity index (χ3n) is 3.41. The second-order valence-electron chi connectivity index (χ2n) is 5.03. The van der Waals surface area contributed by atoms with Crippen LogP contribution in [-0.4, -0.2) is 17.3 Å². The summed E-state index contributed by atoms with van der Waals surface area (Å²) in [5.41, 5.74) is 2.48. The minimum absolute atomic E-state index is 0.176. The number of aliphatic hydroxyl groups is 1. The molecule has 2 atom stereocenters. The lowest BCUT2D eigenvalue weighted by molar-refractivity contribution is 0.172. The minimum atomic E-state index is -0.176. The zero-order valence-electron chi connectivity index (χ0n) is 10.1. The van der Waals surface area contributed by atoms with E-state index in [-0.39, 0.29) is 12.1 Å². The fourth-order valence-corrected chi connectivity index (χ4v) is 2.29. The summed E-state index contributed by atoms with van der Waals surface area (Å²) in [6.45, 7) is 4.40. The van der Waals surface area contributed by atoms with Gasteiger partial charge in [0.05, 0.1) is 12.1 Å². The Labute approximate surface area is 97.7 Å². The number of hydrogen-bond acceptors (Lipinski definition) is 2. The lowest BCUT2D eigenvalue weighted by atomic mass is 10.0. The minimum Gasteiger partial charge on any atom is -0.391 e. The van der Waals surface area contributed by atoms with Gasteiger partial charge in [-0.2, -0.15) is 0 Å². The molecule has 88 valence electrons. The predicted octanol–water partition coefficient (Wildman–Crippen LogP) is 3.14. The fraction of sp³-hybridized carbons (Fsp3) is 0.571. The van der Waals surface area contributed by atoms with E-state index in [4.69, 9.17) is 0 Å². The Balaban J connectivity index is 1.99. The van der Waals surface area contributed by atoms with Gasteiger partial charge in [-0.3, -0.25) is 0 Å². The van der Waals surface area contributed by atoms with Gasteiger partial charge in [0.15, 0.2) is 0 Å². The molecule has 1 aromatic carbocycles. The third kappa shape index (κ3) is 2.56. The summed E-state index contributed by atoms with van der Waals surface area (Å²) < 4.78 is 0. The first-order valence-corrected chi connectivity index (χ1v) is 6.21. The van der Waals surface area contributed by atoms with Gasteiger partial charge in [-0.05, 0) is 42.9 Å². The molecule has 2 heteroatoms. The van der Waals surface area contributed by atoms with Crippen molar-refractivity contribution < 1.29 is 5.11 Å². The summed E-state index contributed by atoms with van der Waals surface area (Å²) in [7, 11) is 0. The van der Waals surface area contributed by atoms with Gasteiger partial charge in [0.25, 0.3) is 0 Å². The number of aliphatic hydroxyl groups excluding tert-OH is 1. The van der Waals surface area contributed by atoms with Crippen LogP contribution in [0.1, 0.15) is 44.6 Å². The van der Waals surface area contributed by atoms with E-state index in [1.54, 1.807) is 0 Å². The van der Waals surface area contributed by atoms with Gasteiger partial charge in [-0.1, -0.05) is 26.0 Å². The summed E-state index contributed by atoms with van der Waals surface area (Å²) in [4.78, 5) is 0. The van der Waals surface area contributed by atoms with E-state index in [1.165, 1.54) is 5.56 Å². The Morgan fingerprint density at radius 3 is 2.38 bits per heavy atom. The highest BCUT2D eigenvalue weighted by Crippen LogP contribution is 2.24. The molecule has 1 saturated carbocycles. The van der Waals surface area contributed by atoms with Crippen LogP contribution in [0.3, 0.4) is 0 Å². The van der Waals surface area contributed by atoms with E-state index in [0.717, 1.165) is 24.9 Å². The summed E-state index contributed by atoms with van der Waals surface area (Å²) in [6, 6.07) is 8.79. The third-order valence-corrected chi connectivity index (χ3v) is 3.41. The zero-order chi connectivity index (χ0) is 11.5. The standard InChI is InChI=1S/C14H21NO/c1-10(2)11-6-8-12(9-7-11)15-13-4-3-5-14(13)16/h6-10,13-16H,3-5H2,1-2H3/t13-,14-/m0/s1. The van der Waals surface area contributed by atoms with Gasteiger partial charge in [-0.15, -0.1) is 0 Å². The van der Waals surface area contributed by atoms with Crippen molar-refractivity contribution in [3.63, 3.8) is 0 Å². The van der Waals surface area contributed by atoms with E-state index >= 15 is 0 Å². The molecule has 2 nitrogen and oxygen atoms in total. The average Bonchev–Trinajstić information content (AvgIpc) is 2.65. The molecule has 1 aromatic rings. The van der Waals surface area contributed by atoms with Crippen LogP contribution in [0.2, 0.25) is 0 Å². The van der Waals surface area contributed by atoms with Crippen LogP contribution >= 0.6 is 0 Å². The second kappa shape index (κ2) is 4.88. The van der Waals surface area contributed by atoms with Crippen molar-refractivity contribution in [2.75, 3.05) is 5.32 Å². The van der Waals surface area contributed by atoms with Crippen LogP contribution in [0, 0.1) is 0 Å². The SMILES string of the molecule is CC(C)c1ccc(N[C@H]2CCC[C@@H]2O)cc1. The zero-order valence-corrected chi connectivity index (χ0v) is 10.1. The van der Waals surface area contributed by atoms with Crippen molar-refractivity contribution in [3.8, 4) is 0 Å². The van der Waals surface area contributed by atoms with Crippen molar-refractivity contribution in [2.45, 2.75) is 51.2 Å². The van der Waals surface area contributed by atoms with Crippen LogP contribution < -0.4 is 5.32 Å². The maximum absolute atomic E-state index is 9.73. The van der Waals surface area contributed by atoms with Crippen LogP contribution in [0.15, 0.2) is 24.3 Å². The van der Waals surface area contributed by atoms with Crippen molar-refractivity contribution in [1.82, 2.24) is 0 Å². The first kappa shape index (κ1) is 11.5. The van der Waals surface area contributed by atoms with E-state index < -0.39 is 0 Å². The molecule has 0 heterocycles. The Bertz CT molecular complexity index is 331. The van der Waals surface area contributed by atoms with Crippen LogP contribution in [0.4, 0.5) is 5.69 Å². The fourth-order valence-electron chi connectivity index (χ4n) is 2.29. The lowest BCUT2D eigenvalue weighted by Gasteiger charge is -2.18. The Hall–Kier alpha value is -1.02. The summed E-state index contributed by atoms with van der Waals surface area (Å²) in [5, 5.41) is 13.1. The first-order valence-electron chi connectivity index (χ1n) is 6.21. The maximum Gasteiger partial charge on any atom is 0.0741 e. The molecule has 0 radical (unpaired) electrons. The normalized spacial score (nSPS) is 25.0. The molecule has 0 unspecified atom stereocenters. The van der Waals surface area contributed by atoms with E-state index in [1.807, 2.05) is 0 Å². The maximum atomic E-state index is 9.73. The molecule has 1 aliphatic carbocycles. The molecule has 0 amide bonds. The van der Waals surface area contributed by atoms with Gasteiger partial charge in [0, 0.05) is 5.69 Å². The molecule has 2 rings (SSSR count). The largest absolute Gasteiger partial charge is 0.391 e. The van der Waals surface area contributed by atoms with E-state index in [0.29, 0.717) is 5.92 Å². The first-order chi connectivity index (χ1) is 7.66. The second-order valence-corrected chi connectivity index (χ2v) is 5.03. The summed E-state index contributed by atoms with van der Waals surface area (Å²) >= 11 is 0. The molecule has 0 saturated heterocycles. The van der Waals surface area contributed by atoms with Crippen LogP contribution in [0.5, 0.6) is 0 Å². The molecule has 16 heavy (non-hydrogen) atoms. The monoisotopic (exact) mass is 219 g/mol. The van der Waals surface area contributed by atoms with Gasteiger partial charge in [-0.25, -0.2) is 0 Å². The van der Waals surface area contributed by atoms with Crippen molar-refractivity contribution in [1.29, 1.82) is 0 Å². The van der Waals surface area contributed by atoms with Crippen LogP contribution in [-0.2, 0) is 0 Å². The highest BCUT2D eigenvalue weighted by Gasteiger charge is 2.24. The Morgan fingerprint density at radius 2 is 1.88 bits per heavy atom. The molecule has 1 fully saturated rings. The number of nitrogens with one attached hydrogen (secondary N) is 1. The van der Waals surface area contributed by atoms with E-state index in [9.17, 15) is 5.11 Å². The number of anilines is 1. The average molecular weight is 219 g/mol. The number of hydrogen-bond donors (Lipinski definition) is 2. The van der Waals surface area contributed by atoms with Gasteiger partial charge < -0.3 is 10.4 Å². The number of rotatable bonds is 3. The van der Waals surface area contributed by atoms with Gasteiger partial charge in [0.2, 0.25) is 0 Å². The molecule has 0 spiro atoms. The molecule has 0 aliphatic heterocycles. The van der Waals surface area contributed by atoms with Crippen LogP contribution in [0.25, 0.3) is 0 Å². The quantitative estimate of drug-likeness (QED) is 0.818. The van der Waals surface area contributed by atoms with Gasteiger partial charge in [0.1, 0.15) is 0 Å². The van der Waals surface area contributed by atoms with Gasteiger partial charge >= 0.3 is 0 Å². The predicted molar refractivity (Wildman–Crippen MR) is 67.8 cm³/mol. The molecular weight excluding hydrogens is 198 g/mol. The Morgan fingerprint density at radius 1 is 1.19 bits per heavy atom. The molecule has 1 aliphatic rings. The summed E-state index contributed by atoms with van der Waals surface area (Å²) in [5.74, 6) is 0.575. The van der Waals surface area contributed by atoms with E-state index in [2.05, 4.69) is 43.4 Å².